The van der Waals surface area contributed by atoms with E-state index in [0.717, 1.165) is 6.42 Å². The summed E-state index contributed by atoms with van der Waals surface area (Å²) in [7, 11) is 8.49. The van der Waals surface area contributed by atoms with E-state index in [1.54, 1.807) is 5.57 Å². The van der Waals surface area contributed by atoms with Gasteiger partial charge in [-0.2, -0.15) is 18.2 Å². The van der Waals surface area contributed by atoms with Crippen LogP contribution in [-0.2, 0) is 23.0 Å². The van der Waals surface area contributed by atoms with Crippen LogP contribution < -0.4 is 5.30 Å². The summed E-state index contributed by atoms with van der Waals surface area (Å²) in [4.78, 5) is 14.4. The fourth-order valence-corrected chi connectivity index (χ4v) is 9.54. The van der Waals surface area contributed by atoms with Gasteiger partial charge in [0.05, 0.1) is 0 Å². The van der Waals surface area contributed by atoms with Crippen molar-refractivity contribution in [2.45, 2.75) is 57.9 Å². The van der Waals surface area contributed by atoms with Crippen molar-refractivity contribution in [2.75, 3.05) is 14.1 Å². The van der Waals surface area contributed by atoms with E-state index in [1.165, 1.54) is 27.2 Å². The first-order valence-electron chi connectivity index (χ1n) is 12.6. The molecule has 36 heavy (non-hydrogen) atoms. The third-order valence-electron chi connectivity index (χ3n) is 7.85. The van der Waals surface area contributed by atoms with Gasteiger partial charge >= 0.3 is 27.7 Å². The normalized spacial score (nSPS) is 23.2. The Balaban J connectivity index is 0.000000193. The third-order valence-corrected chi connectivity index (χ3v) is 11.4. The molecule has 194 valence electrons. The van der Waals surface area contributed by atoms with Gasteiger partial charge in [-0.05, 0) is 45.7 Å². The van der Waals surface area contributed by atoms with Gasteiger partial charge in [0.1, 0.15) is 5.78 Å². The number of hydrogen-bond donors (Lipinski definition) is 0. The monoisotopic (exact) mass is 611 g/mol. The minimum absolute atomic E-state index is 0.203. The molecule has 0 radical (unpaired) electrons. The number of nitrogens with zero attached hydrogens (tertiary/aromatic N) is 1. The van der Waals surface area contributed by atoms with Crippen LogP contribution in [0.15, 0.2) is 77.9 Å². The summed E-state index contributed by atoms with van der Waals surface area (Å²) < 4.78 is 0. The number of carbonyl (C=O) groups excluding carboxylic acids is 1. The molecule has 2 heterocycles. The summed E-state index contributed by atoms with van der Waals surface area (Å²) in [6, 6.07) is 27.1. The van der Waals surface area contributed by atoms with E-state index in [4.69, 9.17) is 0 Å². The van der Waals surface area contributed by atoms with Crippen LogP contribution >= 0.6 is 17.5 Å². The fourth-order valence-electron chi connectivity index (χ4n) is 5.58. The second-order valence-electron chi connectivity index (χ2n) is 9.87. The molecule has 0 N–H and O–H groups in total. The van der Waals surface area contributed by atoms with Crippen LogP contribution in [0.1, 0.15) is 52.1 Å². The quantitative estimate of drug-likeness (QED) is 0.127. The molecule has 5 heteroatoms. The molecule has 5 atom stereocenters. The molecule has 2 bridgehead atoms. The number of fused-ring (bicyclic) bond motifs is 3. The second-order valence-corrected chi connectivity index (χ2v) is 12.4. The number of Topliss-reactive ketones (excluding diaryl/α,β-unsaturated/α-hetero) is 1. The van der Waals surface area contributed by atoms with Gasteiger partial charge in [0.15, 0.2) is 0 Å². The zero-order valence-electron chi connectivity index (χ0n) is 22.1. The fraction of sp³-hybridized carbons (Fsp3) is 0.387. The van der Waals surface area contributed by atoms with Crippen LogP contribution in [0, 0.1) is 12.0 Å². The van der Waals surface area contributed by atoms with Crippen LogP contribution in [0.2, 0.25) is 0 Å². The topological polar surface area (TPSA) is 20.3 Å². The molecule has 0 aliphatic carbocycles. The van der Waals surface area contributed by atoms with E-state index in [2.05, 4.69) is 134 Å². The molecule has 2 aliphatic heterocycles. The van der Waals surface area contributed by atoms with Crippen LogP contribution in [0.5, 0.6) is 0 Å². The van der Waals surface area contributed by atoms with Crippen molar-refractivity contribution in [1.82, 2.24) is 4.90 Å². The number of hydrogen-bond acceptors (Lipinski definition) is 2. The minimum atomic E-state index is -0.203. The van der Waals surface area contributed by atoms with E-state index in [9.17, 15) is 4.79 Å². The first kappa shape index (κ1) is 29.2. The molecule has 2 nitrogen and oxygen atoms in total. The van der Waals surface area contributed by atoms with Crippen molar-refractivity contribution in [3.63, 3.8) is 0 Å². The summed E-state index contributed by atoms with van der Waals surface area (Å²) in [6.07, 6.45) is 1.79. The van der Waals surface area contributed by atoms with Gasteiger partial charge in [-0.3, -0.25) is 4.79 Å². The molecule has 0 spiro atoms. The zero-order valence-corrected chi connectivity index (χ0v) is 25.3. The molecule has 1 saturated heterocycles. The van der Waals surface area contributed by atoms with Gasteiger partial charge in [-0.25, -0.2) is 0 Å². The Bertz CT molecular complexity index is 1190. The van der Waals surface area contributed by atoms with Crippen molar-refractivity contribution in [2.24, 2.45) is 5.92 Å². The Labute approximate surface area is 233 Å². The molecule has 0 unspecified atom stereocenters. The predicted octanol–water partition coefficient (Wildman–Crippen LogP) is 7.83. The Hall–Kier alpha value is -1.33. The van der Waals surface area contributed by atoms with Crippen LogP contribution in [0.4, 0.5) is 0 Å². The number of halogens is 1. The summed E-state index contributed by atoms with van der Waals surface area (Å²) in [5.41, 5.74) is 5.61. The first-order chi connectivity index (χ1) is 17.3. The maximum absolute atomic E-state index is 12.2. The van der Waals surface area contributed by atoms with Crippen molar-refractivity contribution in [3.8, 4) is 0 Å². The van der Waals surface area contributed by atoms with Gasteiger partial charge < -0.3 is 4.90 Å². The van der Waals surface area contributed by atoms with E-state index < -0.39 is 0 Å². The molecule has 1 fully saturated rings. The average molecular weight is 612 g/mol. The van der Waals surface area contributed by atoms with Crippen molar-refractivity contribution < 1.29 is 23.0 Å². The molecule has 3 aromatic carbocycles. The van der Waals surface area contributed by atoms with Crippen LogP contribution in [-0.4, -0.2) is 36.1 Å². The maximum atomic E-state index is 12.2. The van der Waals surface area contributed by atoms with Crippen LogP contribution in [0.25, 0.3) is 10.8 Å². The Kier molecular flexibility index (Phi) is 10.9. The number of ketones is 1. The molecule has 5 rings (SSSR count). The first-order valence-corrected chi connectivity index (χ1v) is 16.0. The van der Waals surface area contributed by atoms with E-state index in [0.29, 0.717) is 35.5 Å². The summed E-state index contributed by atoms with van der Waals surface area (Å²) in [5.74, 6) is 0.771. The number of carbonyl (C=O) groups is 1. The third kappa shape index (κ3) is 6.04. The van der Waals surface area contributed by atoms with E-state index in [-0.39, 0.29) is 7.92 Å². The predicted molar refractivity (Wildman–Crippen MR) is 153 cm³/mol. The average Bonchev–Trinajstić information content (AvgIpc) is 3.43. The van der Waals surface area contributed by atoms with Gasteiger partial charge in [0.25, 0.3) is 0 Å². The zero-order chi connectivity index (χ0) is 26.4. The molecular formula is C31H37ClNOPPd. The van der Waals surface area contributed by atoms with Gasteiger partial charge in [0.2, 0.25) is 0 Å². The summed E-state index contributed by atoms with van der Waals surface area (Å²) >= 11 is 2.22. The summed E-state index contributed by atoms with van der Waals surface area (Å²) in [5, 5.41) is 4.08. The van der Waals surface area contributed by atoms with Gasteiger partial charge in [-0.1, -0.05) is 81.4 Å². The molecule has 2 aliphatic rings. The van der Waals surface area contributed by atoms with Crippen molar-refractivity contribution >= 4 is 39.3 Å². The van der Waals surface area contributed by atoms with E-state index >= 15 is 0 Å². The number of allylic oxidation sites excluding steroid dienone is 2. The standard InChI is InChI=1S/C17H21OP.C14H16N.ClH.Pd/c1-4-15(18)14-10-16-11(2)12(3)17(14)19(16)13-8-6-5-7-9-13;1-11(15(2)3)13-10-6-8-12-7-4-5-9-14(12)13;;/h5-9,14,16-17H,4,10H2,1-3H3;4-5,7-11H,1-3H3;1H;/q;-1;;+2/p-1/t14-,16+,17+,19+;11-;;/m10../s1. The molecule has 0 saturated carbocycles. The SMILES string of the molecule is CCC(=O)[C@H]1C[C@H]2C(C)=C(C)[C@@H]1[P@@]2c1ccccc1.C[C@@H](c1c[c-]cc2ccccc12)N(C)C.[Cl][Pd+]. The van der Waals surface area contributed by atoms with Gasteiger partial charge in [-0.15, -0.1) is 22.4 Å². The Morgan fingerprint density at radius 1 is 1.06 bits per heavy atom. The van der Waals surface area contributed by atoms with Crippen LogP contribution in [0.3, 0.4) is 0 Å². The molecule has 0 amide bonds. The summed E-state index contributed by atoms with van der Waals surface area (Å²) in [6.45, 7) is 8.76. The number of benzene rings is 3. The molecular weight excluding hydrogens is 575 g/mol. The number of rotatable bonds is 5. The van der Waals surface area contributed by atoms with E-state index in [1.807, 2.05) is 13.0 Å². The molecule has 0 aromatic heterocycles. The van der Waals surface area contributed by atoms with Gasteiger partial charge in [0, 0.05) is 23.7 Å². The van der Waals surface area contributed by atoms with Crippen molar-refractivity contribution in [3.05, 3.63) is 89.5 Å². The Morgan fingerprint density at radius 3 is 2.33 bits per heavy atom. The second kappa shape index (κ2) is 13.5. The Morgan fingerprint density at radius 2 is 1.69 bits per heavy atom. The van der Waals surface area contributed by atoms with Crippen molar-refractivity contribution in [1.29, 1.82) is 0 Å². The molecule has 3 aromatic rings.